The van der Waals surface area contributed by atoms with Crippen LogP contribution in [-0.4, -0.2) is 24.8 Å². The molecule has 0 saturated heterocycles. The fraction of sp³-hybridized carbons (Fsp3) is 0.143. The highest BCUT2D eigenvalue weighted by Crippen LogP contribution is 2.26. The Bertz CT molecular complexity index is 1010. The van der Waals surface area contributed by atoms with E-state index < -0.39 is 0 Å². The van der Waals surface area contributed by atoms with Gasteiger partial charge in [0, 0.05) is 16.3 Å². The Balaban J connectivity index is 1.74. The summed E-state index contributed by atoms with van der Waals surface area (Å²) in [5, 5.41) is 16.6. The molecule has 0 saturated carbocycles. The van der Waals surface area contributed by atoms with Gasteiger partial charge in [-0.25, -0.2) is 9.37 Å². The van der Waals surface area contributed by atoms with E-state index in [1.54, 1.807) is 28.0 Å². The molecule has 0 bridgehead atoms. The van der Waals surface area contributed by atoms with Crippen LogP contribution in [0, 0.1) is 12.7 Å². The Morgan fingerprint density at radius 2 is 2.17 bits per heavy atom. The Hall–Kier alpha value is -1.71. The molecule has 3 heterocycles. The van der Waals surface area contributed by atoms with E-state index in [9.17, 15) is 4.39 Å². The van der Waals surface area contributed by atoms with Crippen LogP contribution in [-0.2, 0) is 6.42 Å². The molecular weight excluding hydrogens is 401 g/mol. The number of nitrogens with zero attached hydrogens (tertiary/aromatic N) is 5. The summed E-state index contributed by atoms with van der Waals surface area (Å²) in [5.41, 5.74) is 1.36. The highest BCUT2D eigenvalue weighted by Gasteiger charge is 2.17. The van der Waals surface area contributed by atoms with Gasteiger partial charge in [-0.05, 0) is 25.1 Å². The first kappa shape index (κ1) is 14.9. The fourth-order valence-electron chi connectivity index (χ4n) is 2.21. The van der Waals surface area contributed by atoms with Gasteiger partial charge in [0.15, 0.2) is 5.82 Å². The van der Waals surface area contributed by atoms with Gasteiger partial charge in [-0.3, -0.25) is 0 Å². The van der Waals surface area contributed by atoms with Gasteiger partial charge >= 0.3 is 0 Å². The van der Waals surface area contributed by atoms with E-state index in [0.29, 0.717) is 27.2 Å². The summed E-state index contributed by atoms with van der Waals surface area (Å²) in [7, 11) is 0. The lowest BCUT2D eigenvalue weighted by Gasteiger charge is -2.00. The largest absolute Gasteiger partial charge is 0.246 e. The molecule has 116 valence electrons. The predicted molar refractivity (Wildman–Crippen MR) is 91.4 cm³/mol. The zero-order valence-electron chi connectivity index (χ0n) is 11.8. The molecule has 4 rings (SSSR count). The SMILES string of the molecule is Cc1nc(Cc2nn3c(-c4ccc(Br)cc4F)nnc3s2)cs1. The van der Waals surface area contributed by atoms with Gasteiger partial charge in [0.25, 0.3) is 0 Å². The van der Waals surface area contributed by atoms with Crippen molar-refractivity contribution in [1.29, 1.82) is 0 Å². The van der Waals surface area contributed by atoms with E-state index in [1.807, 2.05) is 12.3 Å². The molecule has 5 nitrogen and oxygen atoms in total. The molecule has 0 radical (unpaired) electrons. The van der Waals surface area contributed by atoms with Crippen LogP contribution in [0.1, 0.15) is 15.7 Å². The first-order valence-electron chi connectivity index (χ1n) is 6.68. The first-order chi connectivity index (χ1) is 11.1. The fourth-order valence-corrected chi connectivity index (χ4v) is 4.01. The van der Waals surface area contributed by atoms with Crippen LogP contribution in [0.3, 0.4) is 0 Å². The van der Waals surface area contributed by atoms with E-state index in [0.717, 1.165) is 15.7 Å². The lowest BCUT2D eigenvalue weighted by Crippen LogP contribution is -1.95. The average Bonchev–Trinajstić information content (AvgIpc) is 3.16. The number of thiazole rings is 1. The van der Waals surface area contributed by atoms with Gasteiger partial charge in [0.1, 0.15) is 10.8 Å². The molecule has 0 amide bonds. The molecular formula is C14H9BrFN5S2. The maximum atomic E-state index is 14.2. The van der Waals surface area contributed by atoms with E-state index in [4.69, 9.17) is 0 Å². The topological polar surface area (TPSA) is 56.0 Å². The summed E-state index contributed by atoms with van der Waals surface area (Å²) < 4.78 is 16.4. The second-order valence-electron chi connectivity index (χ2n) is 4.87. The van der Waals surface area contributed by atoms with Crippen molar-refractivity contribution in [2.45, 2.75) is 13.3 Å². The van der Waals surface area contributed by atoms with Crippen LogP contribution < -0.4 is 0 Å². The van der Waals surface area contributed by atoms with Crippen LogP contribution in [0.4, 0.5) is 4.39 Å². The molecule has 23 heavy (non-hydrogen) atoms. The molecule has 0 unspecified atom stereocenters. The zero-order valence-corrected chi connectivity index (χ0v) is 15.0. The number of aromatic nitrogens is 5. The van der Waals surface area contributed by atoms with Crippen LogP contribution in [0.5, 0.6) is 0 Å². The second-order valence-corrected chi connectivity index (χ2v) is 7.89. The Morgan fingerprint density at radius 1 is 1.30 bits per heavy atom. The van der Waals surface area contributed by atoms with Crippen LogP contribution >= 0.6 is 38.6 Å². The van der Waals surface area contributed by atoms with Crippen molar-refractivity contribution in [3.63, 3.8) is 0 Å². The van der Waals surface area contributed by atoms with Crippen LogP contribution in [0.15, 0.2) is 28.1 Å². The van der Waals surface area contributed by atoms with Crippen molar-refractivity contribution in [2.24, 2.45) is 0 Å². The highest BCUT2D eigenvalue weighted by molar-refractivity contribution is 9.10. The summed E-state index contributed by atoms with van der Waals surface area (Å²) in [6, 6.07) is 4.84. The summed E-state index contributed by atoms with van der Waals surface area (Å²) in [4.78, 5) is 5.08. The van der Waals surface area contributed by atoms with Crippen LogP contribution in [0.25, 0.3) is 16.3 Å². The molecule has 0 spiro atoms. The minimum absolute atomic E-state index is 0.363. The number of benzene rings is 1. The van der Waals surface area contributed by atoms with Gasteiger partial charge in [-0.2, -0.15) is 9.61 Å². The third kappa shape index (κ3) is 2.79. The van der Waals surface area contributed by atoms with Crippen molar-refractivity contribution < 1.29 is 4.39 Å². The van der Waals surface area contributed by atoms with Gasteiger partial charge < -0.3 is 0 Å². The van der Waals surface area contributed by atoms with E-state index >= 15 is 0 Å². The van der Waals surface area contributed by atoms with Crippen molar-refractivity contribution in [2.75, 3.05) is 0 Å². The molecule has 0 atom stereocenters. The average molecular weight is 410 g/mol. The van der Waals surface area contributed by atoms with E-state index in [-0.39, 0.29) is 5.82 Å². The Morgan fingerprint density at radius 3 is 2.91 bits per heavy atom. The Kier molecular flexibility index (Phi) is 3.70. The number of fused-ring (bicyclic) bond motifs is 1. The lowest BCUT2D eigenvalue weighted by atomic mass is 10.2. The molecule has 0 aliphatic heterocycles. The van der Waals surface area contributed by atoms with Crippen LogP contribution in [0.2, 0.25) is 0 Å². The third-order valence-electron chi connectivity index (χ3n) is 3.20. The molecule has 9 heteroatoms. The number of halogens is 2. The van der Waals surface area contributed by atoms with Crippen molar-refractivity contribution in [1.82, 2.24) is 24.8 Å². The number of hydrogen-bond acceptors (Lipinski definition) is 6. The molecule has 1 aromatic carbocycles. The normalized spacial score (nSPS) is 11.4. The van der Waals surface area contributed by atoms with E-state index in [2.05, 4.69) is 36.2 Å². The number of aryl methyl sites for hydroxylation is 1. The monoisotopic (exact) mass is 409 g/mol. The summed E-state index contributed by atoms with van der Waals surface area (Å²) in [5.74, 6) is 0.0420. The zero-order chi connectivity index (χ0) is 16.0. The molecule has 3 aromatic heterocycles. The molecule has 0 N–H and O–H groups in total. The molecule has 0 aliphatic carbocycles. The van der Waals surface area contributed by atoms with Gasteiger partial charge in [0.05, 0.1) is 16.3 Å². The molecule has 4 aromatic rings. The second kappa shape index (κ2) is 5.73. The number of hydrogen-bond donors (Lipinski definition) is 0. The van der Waals surface area contributed by atoms with Gasteiger partial charge in [-0.15, -0.1) is 21.5 Å². The predicted octanol–water partition coefficient (Wildman–Crippen LogP) is 4.11. The maximum Gasteiger partial charge on any atom is 0.234 e. The van der Waals surface area contributed by atoms with Crippen molar-refractivity contribution >= 4 is 43.6 Å². The first-order valence-corrected chi connectivity index (χ1v) is 9.16. The molecule has 0 fully saturated rings. The summed E-state index contributed by atoms with van der Waals surface area (Å²) >= 11 is 6.30. The minimum atomic E-state index is -0.363. The van der Waals surface area contributed by atoms with Crippen molar-refractivity contribution in [3.05, 3.63) is 49.6 Å². The summed E-state index contributed by atoms with van der Waals surface area (Å²) in [6.07, 6.45) is 0.640. The summed E-state index contributed by atoms with van der Waals surface area (Å²) in [6.45, 7) is 1.97. The highest BCUT2D eigenvalue weighted by atomic mass is 79.9. The Labute approximate surface area is 147 Å². The third-order valence-corrected chi connectivity index (χ3v) is 5.42. The maximum absolute atomic E-state index is 14.2. The molecule has 0 aliphatic rings. The standard InChI is InChI=1S/C14H9BrFN5S2/c1-7-17-9(6-22-7)5-12-20-21-13(18-19-14(21)23-12)10-3-2-8(15)4-11(10)16/h2-4,6H,5H2,1H3. The van der Waals surface area contributed by atoms with Crippen molar-refractivity contribution in [3.8, 4) is 11.4 Å². The smallest absolute Gasteiger partial charge is 0.234 e. The lowest BCUT2D eigenvalue weighted by molar-refractivity contribution is 0.628. The van der Waals surface area contributed by atoms with E-state index in [1.165, 1.54) is 17.4 Å². The minimum Gasteiger partial charge on any atom is -0.246 e. The van der Waals surface area contributed by atoms with Gasteiger partial charge in [-0.1, -0.05) is 27.3 Å². The quantitative estimate of drug-likeness (QED) is 0.510. The number of rotatable bonds is 3. The van der Waals surface area contributed by atoms with Gasteiger partial charge in [0.2, 0.25) is 4.96 Å².